The van der Waals surface area contributed by atoms with Gasteiger partial charge in [0.05, 0.1) is 0 Å². The number of ether oxygens (including phenoxy) is 2. The summed E-state index contributed by atoms with van der Waals surface area (Å²) in [6.45, 7) is -2.33. The molecule has 3 rings (SSSR count). The topological polar surface area (TPSA) is 76.7 Å². The van der Waals surface area contributed by atoms with Crippen LogP contribution in [0.3, 0.4) is 0 Å². The normalized spacial score (nSPS) is 16.2. The second-order valence-corrected chi connectivity index (χ2v) is 5.93. The highest BCUT2D eigenvalue weighted by Gasteiger charge is 2.23. The lowest BCUT2D eigenvalue weighted by atomic mass is 10.1. The van der Waals surface area contributed by atoms with Crippen LogP contribution in [0, 0.1) is 0 Å². The summed E-state index contributed by atoms with van der Waals surface area (Å²) in [4.78, 5) is 24.5. The fourth-order valence-electron chi connectivity index (χ4n) is 2.67. The van der Waals surface area contributed by atoms with E-state index in [9.17, 15) is 18.4 Å². The maximum absolute atomic E-state index is 12.4. The van der Waals surface area contributed by atoms with Crippen LogP contribution in [0.5, 0.6) is 5.75 Å². The lowest BCUT2D eigenvalue weighted by Gasteiger charge is -2.12. The Bertz CT molecular complexity index is 806. The summed E-state index contributed by atoms with van der Waals surface area (Å²) in [7, 11) is 0. The molecule has 0 aliphatic carbocycles. The molecule has 2 N–H and O–H groups in total. The molecule has 1 saturated heterocycles. The van der Waals surface area contributed by atoms with Gasteiger partial charge >= 0.3 is 6.61 Å². The van der Waals surface area contributed by atoms with Crippen LogP contribution >= 0.6 is 0 Å². The average molecular weight is 376 g/mol. The van der Waals surface area contributed by atoms with Crippen LogP contribution in [-0.2, 0) is 9.53 Å². The summed E-state index contributed by atoms with van der Waals surface area (Å²) >= 11 is 0. The summed E-state index contributed by atoms with van der Waals surface area (Å²) < 4.78 is 33.9. The summed E-state index contributed by atoms with van der Waals surface area (Å²) in [6, 6.07) is 12.1. The number of benzene rings is 2. The van der Waals surface area contributed by atoms with Crippen molar-refractivity contribution in [2.45, 2.75) is 25.6 Å². The Morgan fingerprint density at radius 2 is 1.85 bits per heavy atom. The SMILES string of the molecule is O=C(Nc1ccc(OC(F)F)cc1)c1cccc(NC(=O)C2CCCO2)c1. The molecule has 0 spiro atoms. The zero-order chi connectivity index (χ0) is 19.2. The van der Waals surface area contributed by atoms with Gasteiger partial charge in [0.2, 0.25) is 0 Å². The number of hydrogen-bond acceptors (Lipinski definition) is 4. The number of hydrogen-bond donors (Lipinski definition) is 2. The minimum atomic E-state index is -2.90. The van der Waals surface area contributed by atoms with Crippen molar-refractivity contribution < 1.29 is 27.8 Å². The van der Waals surface area contributed by atoms with Crippen LogP contribution < -0.4 is 15.4 Å². The Balaban J connectivity index is 1.62. The Labute approximate surface area is 154 Å². The largest absolute Gasteiger partial charge is 0.435 e. The maximum atomic E-state index is 12.4. The number of alkyl halides is 2. The van der Waals surface area contributed by atoms with Gasteiger partial charge in [0.15, 0.2) is 0 Å². The highest BCUT2D eigenvalue weighted by Crippen LogP contribution is 2.20. The molecule has 2 aromatic rings. The zero-order valence-corrected chi connectivity index (χ0v) is 14.3. The fourth-order valence-corrected chi connectivity index (χ4v) is 2.67. The van der Waals surface area contributed by atoms with Crippen molar-refractivity contribution in [1.82, 2.24) is 0 Å². The first-order valence-corrected chi connectivity index (χ1v) is 8.40. The molecule has 1 heterocycles. The average Bonchev–Trinajstić information content (AvgIpc) is 3.18. The first-order valence-electron chi connectivity index (χ1n) is 8.40. The molecule has 8 heteroatoms. The number of carbonyl (C=O) groups is 2. The standard InChI is InChI=1S/C19H18F2N2O4/c20-19(21)27-15-8-6-13(7-9-15)22-17(24)12-3-1-4-14(11-12)23-18(25)16-5-2-10-26-16/h1,3-4,6-9,11,16,19H,2,5,10H2,(H,22,24)(H,23,25). The molecule has 0 bridgehead atoms. The molecule has 1 unspecified atom stereocenters. The Hall–Kier alpha value is -3.00. The molecule has 6 nitrogen and oxygen atoms in total. The van der Waals surface area contributed by atoms with Crippen molar-refractivity contribution in [3.63, 3.8) is 0 Å². The van der Waals surface area contributed by atoms with Crippen LogP contribution in [0.1, 0.15) is 23.2 Å². The van der Waals surface area contributed by atoms with E-state index in [0.717, 1.165) is 6.42 Å². The molecule has 1 atom stereocenters. The van der Waals surface area contributed by atoms with Crippen molar-refractivity contribution >= 4 is 23.2 Å². The summed E-state index contributed by atoms with van der Waals surface area (Å²) in [5.41, 5.74) is 1.26. The van der Waals surface area contributed by atoms with Gasteiger partial charge < -0.3 is 20.1 Å². The Morgan fingerprint density at radius 1 is 1.07 bits per heavy atom. The van der Waals surface area contributed by atoms with Crippen LogP contribution in [0.15, 0.2) is 48.5 Å². The maximum Gasteiger partial charge on any atom is 0.387 e. The van der Waals surface area contributed by atoms with E-state index in [1.165, 1.54) is 24.3 Å². The highest BCUT2D eigenvalue weighted by atomic mass is 19.3. The van der Waals surface area contributed by atoms with E-state index < -0.39 is 18.6 Å². The molecule has 27 heavy (non-hydrogen) atoms. The predicted molar refractivity (Wildman–Crippen MR) is 95.1 cm³/mol. The number of rotatable bonds is 6. The molecule has 142 valence electrons. The van der Waals surface area contributed by atoms with Gasteiger partial charge in [-0.3, -0.25) is 9.59 Å². The van der Waals surface area contributed by atoms with Crippen molar-refractivity contribution in [1.29, 1.82) is 0 Å². The molecule has 2 amide bonds. The molecule has 1 aliphatic rings. The van der Waals surface area contributed by atoms with Crippen molar-refractivity contribution in [2.75, 3.05) is 17.2 Å². The van der Waals surface area contributed by atoms with Crippen molar-refractivity contribution in [2.24, 2.45) is 0 Å². The van der Waals surface area contributed by atoms with E-state index >= 15 is 0 Å². The quantitative estimate of drug-likeness (QED) is 0.807. The summed E-state index contributed by atoms with van der Waals surface area (Å²) in [5.74, 6) is -0.632. The zero-order valence-electron chi connectivity index (χ0n) is 14.3. The number of carbonyl (C=O) groups excluding carboxylic acids is 2. The third kappa shape index (κ3) is 5.24. The highest BCUT2D eigenvalue weighted by molar-refractivity contribution is 6.05. The van der Waals surface area contributed by atoms with Crippen LogP contribution in [-0.4, -0.2) is 31.1 Å². The van der Waals surface area contributed by atoms with Gasteiger partial charge in [-0.15, -0.1) is 0 Å². The van der Waals surface area contributed by atoms with E-state index in [4.69, 9.17) is 4.74 Å². The van der Waals surface area contributed by atoms with E-state index in [-0.39, 0.29) is 11.7 Å². The van der Waals surface area contributed by atoms with E-state index in [2.05, 4.69) is 15.4 Å². The molecule has 1 aliphatic heterocycles. The van der Waals surface area contributed by atoms with E-state index in [0.29, 0.717) is 30.0 Å². The number of nitrogens with one attached hydrogen (secondary N) is 2. The van der Waals surface area contributed by atoms with Crippen molar-refractivity contribution in [3.8, 4) is 5.75 Å². The minimum absolute atomic E-state index is 0.00170. The van der Waals surface area contributed by atoms with Gasteiger partial charge in [0, 0.05) is 23.5 Å². The number of anilines is 2. The summed E-state index contributed by atoms with van der Waals surface area (Å²) in [5, 5.41) is 5.39. The molecular weight excluding hydrogens is 358 g/mol. The molecule has 0 radical (unpaired) electrons. The lowest BCUT2D eigenvalue weighted by Crippen LogP contribution is -2.27. The monoisotopic (exact) mass is 376 g/mol. The van der Waals surface area contributed by atoms with Crippen LogP contribution in [0.4, 0.5) is 20.2 Å². The molecule has 0 saturated carbocycles. The molecular formula is C19H18F2N2O4. The molecule has 2 aromatic carbocycles. The Morgan fingerprint density at radius 3 is 2.52 bits per heavy atom. The smallest absolute Gasteiger partial charge is 0.387 e. The molecule has 1 fully saturated rings. The van der Waals surface area contributed by atoms with Gasteiger partial charge in [-0.05, 0) is 55.3 Å². The second kappa shape index (κ2) is 8.59. The van der Waals surface area contributed by atoms with Crippen LogP contribution in [0.2, 0.25) is 0 Å². The van der Waals surface area contributed by atoms with E-state index in [1.54, 1.807) is 24.3 Å². The predicted octanol–water partition coefficient (Wildman–Crippen LogP) is 3.66. The third-order valence-corrected chi connectivity index (χ3v) is 3.95. The molecule has 0 aromatic heterocycles. The first-order chi connectivity index (χ1) is 13.0. The first kappa shape index (κ1) is 18.8. The van der Waals surface area contributed by atoms with Gasteiger partial charge in [-0.25, -0.2) is 0 Å². The third-order valence-electron chi connectivity index (χ3n) is 3.95. The van der Waals surface area contributed by atoms with Gasteiger partial charge in [0.1, 0.15) is 11.9 Å². The van der Waals surface area contributed by atoms with Crippen molar-refractivity contribution in [3.05, 3.63) is 54.1 Å². The number of amides is 2. The fraction of sp³-hybridized carbons (Fsp3) is 0.263. The van der Waals surface area contributed by atoms with Crippen LogP contribution in [0.25, 0.3) is 0 Å². The minimum Gasteiger partial charge on any atom is -0.435 e. The number of halogens is 2. The van der Waals surface area contributed by atoms with Gasteiger partial charge in [-0.2, -0.15) is 8.78 Å². The summed E-state index contributed by atoms with van der Waals surface area (Å²) in [6.07, 6.45) is 1.07. The van der Waals surface area contributed by atoms with Gasteiger partial charge in [-0.1, -0.05) is 6.07 Å². The second-order valence-electron chi connectivity index (χ2n) is 5.93. The lowest BCUT2D eigenvalue weighted by molar-refractivity contribution is -0.124. The Kier molecular flexibility index (Phi) is 5.97. The van der Waals surface area contributed by atoms with Gasteiger partial charge in [0.25, 0.3) is 11.8 Å². The van der Waals surface area contributed by atoms with E-state index in [1.807, 2.05) is 0 Å².